The summed E-state index contributed by atoms with van der Waals surface area (Å²) in [5.74, 6) is 0. The highest BCUT2D eigenvalue weighted by atomic mass is 35.5. The second-order valence-electron chi connectivity index (χ2n) is 1.51. The Morgan fingerprint density at radius 2 is 2.25 bits per heavy atom. The third-order valence-corrected chi connectivity index (χ3v) is 3.14. The zero-order valence-corrected chi connectivity index (χ0v) is 5.57. The Morgan fingerprint density at radius 1 is 1.62 bits per heavy atom. The van der Waals surface area contributed by atoms with Crippen LogP contribution in [0, 0.1) is 0 Å². The van der Waals surface area contributed by atoms with Crippen molar-refractivity contribution in [3.63, 3.8) is 0 Å². The fraction of sp³-hybridized carbons (Fsp3) is 1.00. The summed E-state index contributed by atoms with van der Waals surface area (Å²) in [5.41, 5.74) is 0. The molecule has 1 aliphatic heterocycles. The van der Waals surface area contributed by atoms with Gasteiger partial charge in [0.2, 0.25) is 0 Å². The smallest absolute Gasteiger partial charge is 0.269 e. The molecule has 8 heavy (non-hydrogen) atoms. The van der Waals surface area contributed by atoms with Crippen molar-refractivity contribution in [2.45, 2.75) is 11.1 Å². The highest BCUT2D eigenvalue weighted by Gasteiger charge is 2.30. The van der Waals surface area contributed by atoms with Crippen molar-refractivity contribution in [2.24, 2.45) is 0 Å². The third-order valence-electron chi connectivity index (χ3n) is 0.906. The van der Waals surface area contributed by atoms with Crippen molar-refractivity contribution in [3.8, 4) is 0 Å². The molecule has 0 aromatic rings. The molecule has 3 nitrogen and oxygen atoms in total. The van der Waals surface area contributed by atoms with Crippen LogP contribution in [0.3, 0.4) is 0 Å². The second-order valence-corrected chi connectivity index (χ2v) is 4.09. The van der Waals surface area contributed by atoms with Crippen LogP contribution in [0.1, 0.15) is 6.42 Å². The molecular formula is C3H5ClO3S. The molecule has 0 N–H and O–H groups in total. The van der Waals surface area contributed by atoms with Crippen LogP contribution in [0.25, 0.3) is 0 Å². The van der Waals surface area contributed by atoms with Gasteiger partial charge in [0.05, 0.1) is 6.61 Å². The van der Waals surface area contributed by atoms with E-state index in [0.717, 1.165) is 0 Å². The van der Waals surface area contributed by atoms with Crippen LogP contribution in [0.4, 0.5) is 0 Å². The van der Waals surface area contributed by atoms with Gasteiger partial charge in [-0.25, -0.2) is 0 Å². The molecule has 0 radical (unpaired) electrons. The summed E-state index contributed by atoms with van der Waals surface area (Å²) >= 11 is 5.29. The van der Waals surface area contributed by atoms with Gasteiger partial charge < -0.3 is 0 Å². The molecule has 1 fully saturated rings. The van der Waals surface area contributed by atoms with Gasteiger partial charge in [-0.15, -0.1) is 11.6 Å². The lowest BCUT2D eigenvalue weighted by Crippen LogP contribution is -2.06. The summed E-state index contributed by atoms with van der Waals surface area (Å²) < 4.78 is 24.3. The highest BCUT2D eigenvalue weighted by molar-refractivity contribution is 7.88. The van der Waals surface area contributed by atoms with Gasteiger partial charge in [0.25, 0.3) is 10.1 Å². The lowest BCUT2D eigenvalue weighted by Gasteiger charge is -1.91. The molecule has 0 aromatic heterocycles. The van der Waals surface area contributed by atoms with E-state index < -0.39 is 14.8 Å². The van der Waals surface area contributed by atoms with Crippen molar-refractivity contribution in [2.75, 3.05) is 6.61 Å². The van der Waals surface area contributed by atoms with Gasteiger partial charge in [-0.05, 0) is 0 Å². The van der Waals surface area contributed by atoms with E-state index in [1.54, 1.807) is 0 Å². The maximum atomic E-state index is 10.4. The minimum atomic E-state index is -3.36. The van der Waals surface area contributed by atoms with Crippen LogP contribution in [0.2, 0.25) is 0 Å². The normalized spacial score (nSPS) is 35.4. The van der Waals surface area contributed by atoms with Gasteiger partial charge >= 0.3 is 0 Å². The standard InChI is InChI=1S/C3H5ClO3S/c4-3-1-2-7-8(3,5)6/h3H,1-2H2. The number of halogens is 1. The molecule has 0 amide bonds. The Bertz CT molecular complexity index is 173. The number of rotatable bonds is 0. The number of alkyl halides is 1. The minimum Gasteiger partial charge on any atom is -0.269 e. The average Bonchev–Trinajstić information content (AvgIpc) is 1.86. The quantitative estimate of drug-likeness (QED) is 0.374. The fourth-order valence-electron chi connectivity index (χ4n) is 0.475. The molecule has 5 heteroatoms. The molecular weight excluding hydrogens is 152 g/mol. The molecule has 0 saturated carbocycles. The van der Waals surface area contributed by atoms with E-state index in [1.807, 2.05) is 0 Å². The number of hydrogen-bond acceptors (Lipinski definition) is 3. The molecule has 1 unspecified atom stereocenters. The molecule has 1 aliphatic rings. The maximum absolute atomic E-state index is 10.4. The lowest BCUT2D eigenvalue weighted by molar-refractivity contribution is 0.354. The van der Waals surface area contributed by atoms with Crippen molar-refractivity contribution in [1.29, 1.82) is 0 Å². The van der Waals surface area contributed by atoms with E-state index in [4.69, 9.17) is 11.6 Å². The summed E-state index contributed by atoms with van der Waals surface area (Å²) in [6, 6.07) is 0. The molecule has 0 aliphatic carbocycles. The maximum Gasteiger partial charge on any atom is 0.284 e. The van der Waals surface area contributed by atoms with Gasteiger partial charge in [-0.3, -0.25) is 4.18 Å². The minimum absolute atomic E-state index is 0.233. The van der Waals surface area contributed by atoms with Crippen LogP contribution in [-0.4, -0.2) is 19.7 Å². The first-order chi connectivity index (χ1) is 3.63. The zero-order chi connectivity index (χ0) is 6.20. The molecule has 1 rings (SSSR count). The van der Waals surface area contributed by atoms with Crippen LogP contribution in [0.15, 0.2) is 0 Å². The van der Waals surface area contributed by atoms with Crippen molar-refractivity contribution in [1.82, 2.24) is 0 Å². The molecule has 1 atom stereocenters. The Kier molecular flexibility index (Phi) is 1.47. The monoisotopic (exact) mass is 156 g/mol. The average molecular weight is 157 g/mol. The van der Waals surface area contributed by atoms with E-state index in [1.165, 1.54) is 0 Å². The SMILES string of the molecule is O=S1(=O)OCCC1Cl. The molecule has 0 aromatic carbocycles. The lowest BCUT2D eigenvalue weighted by atomic mass is 10.5. The Hall–Kier alpha value is 0.200. The van der Waals surface area contributed by atoms with E-state index in [2.05, 4.69) is 4.18 Å². The first-order valence-corrected chi connectivity index (χ1v) is 4.06. The van der Waals surface area contributed by atoms with Crippen LogP contribution in [-0.2, 0) is 14.3 Å². The van der Waals surface area contributed by atoms with Gasteiger partial charge in [0.15, 0.2) is 4.71 Å². The molecule has 0 bridgehead atoms. The van der Waals surface area contributed by atoms with E-state index in [9.17, 15) is 8.42 Å². The largest absolute Gasteiger partial charge is 0.284 e. The fourth-order valence-corrected chi connectivity index (χ4v) is 1.58. The summed E-state index contributed by atoms with van der Waals surface area (Å²) in [6.07, 6.45) is 0.407. The topological polar surface area (TPSA) is 43.4 Å². The highest BCUT2D eigenvalue weighted by Crippen LogP contribution is 2.19. The Morgan fingerprint density at radius 3 is 2.38 bits per heavy atom. The first-order valence-electron chi connectivity index (χ1n) is 2.15. The van der Waals surface area contributed by atoms with Gasteiger partial charge in [0.1, 0.15) is 0 Å². The van der Waals surface area contributed by atoms with Crippen molar-refractivity contribution in [3.05, 3.63) is 0 Å². The third kappa shape index (κ3) is 0.962. The van der Waals surface area contributed by atoms with Gasteiger partial charge in [-0.2, -0.15) is 8.42 Å². The van der Waals surface area contributed by atoms with Gasteiger partial charge in [0, 0.05) is 6.42 Å². The Balaban J connectivity index is 2.85. The summed E-state index contributed by atoms with van der Waals surface area (Å²) in [7, 11) is -3.36. The second kappa shape index (κ2) is 1.86. The van der Waals surface area contributed by atoms with Crippen molar-refractivity contribution >= 4 is 21.7 Å². The molecule has 0 spiro atoms. The summed E-state index contributed by atoms with van der Waals surface area (Å²) in [5, 5.41) is 0. The molecule has 48 valence electrons. The van der Waals surface area contributed by atoms with Gasteiger partial charge in [-0.1, -0.05) is 0 Å². The zero-order valence-electron chi connectivity index (χ0n) is 4.00. The molecule has 1 heterocycles. The molecule has 1 saturated heterocycles. The van der Waals surface area contributed by atoms with Crippen LogP contribution >= 0.6 is 11.6 Å². The van der Waals surface area contributed by atoms with E-state index in [0.29, 0.717) is 6.42 Å². The Labute approximate surface area is 52.7 Å². The van der Waals surface area contributed by atoms with E-state index in [-0.39, 0.29) is 6.61 Å². The van der Waals surface area contributed by atoms with Crippen molar-refractivity contribution < 1.29 is 12.6 Å². The predicted octanol–water partition coefficient (Wildman–Crippen LogP) is 0.301. The van der Waals surface area contributed by atoms with Crippen LogP contribution in [0.5, 0.6) is 0 Å². The summed E-state index contributed by atoms with van der Waals surface area (Å²) in [6.45, 7) is 0.233. The van der Waals surface area contributed by atoms with E-state index >= 15 is 0 Å². The first kappa shape index (κ1) is 6.32. The van der Waals surface area contributed by atoms with Crippen LogP contribution < -0.4 is 0 Å². The number of hydrogen-bond donors (Lipinski definition) is 0. The predicted molar refractivity (Wildman–Crippen MR) is 29.1 cm³/mol. The summed E-state index contributed by atoms with van der Waals surface area (Å²) in [4.78, 5) is 0.